The maximum atomic E-state index is 4.89. The van der Waals surface area contributed by atoms with E-state index in [0.29, 0.717) is 0 Å². The van der Waals surface area contributed by atoms with E-state index < -0.39 is 20.6 Å². The molecule has 0 bridgehead atoms. The zero-order valence-electron chi connectivity index (χ0n) is 4.39. The SMILES string of the molecule is C[O][SnH]([CH3])[O]C. The Labute approximate surface area is 46.3 Å². The van der Waals surface area contributed by atoms with Gasteiger partial charge in [0.25, 0.3) is 0 Å². The normalized spacial score (nSPS) is 10.0. The summed E-state index contributed by atoms with van der Waals surface area (Å²) >= 11 is -1.72. The van der Waals surface area contributed by atoms with E-state index in [1.54, 1.807) is 14.2 Å². The van der Waals surface area contributed by atoms with Crippen LogP contribution < -0.4 is 0 Å². The Kier molecular flexibility index (Phi) is 4.36. The second-order valence-corrected chi connectivity index (χ2v) is 6.97. The third kappa shape index (κ3) is 2.93. The number of rotatable bonds is 2. The van der Waals surface area contributed by atoms with Gasteiger partial charge in [0, 0.05) is 0 Å². The monoisotopic (exact) mass is 198 g/mol. The summed E-state index contributed by atoms with van der Waals surface area (Å²) in [7, 11) is 3.40. The Balaban J connectivity index is 2.75. The molecule has 2 nitrogen and oxygen atoms in total. The van der Waals surface area contributed by atoms with Crippen molar-refractivity contribution >= 4 is 20.6 Å². The van der Waals surface area contributed by atoms with E-state index in [1.165, 1.54) is 0 Å². The first-order valence-corrected chi connectivity index (χ1v) is 7.85. The van der Waals surface area contributed by atoms with Crippen molar-refractivity contribution in [1.82, 2.24) is 0 Å². The summed E-state index contributed by atoms with van der Waals surface area (Å²) in [5.74, 6) is 0. The van der Waals surface area contributed by atoms with Crippen LogP contribution in [0.2, 0.25) is 4.94 Å². The Hall–Kier alpha value is 0.719. The zero-order chi connectivity index (χ0) is 4.99. The predicted molar refractivity (Wildman–Crippen MR) is 27.0 cm³/mol. The molecule has 0 N–H and O–H groups in total. The van der Waals surface area contributed by atoms with Crippen molar-refractivity contribution in [1.29, 1.82) is 0 Å². The molecule has 38 valence electrons. The summed E-state index contributed by atoms with van der Waals surface area (Å²) in [5.41, 5.74) is 0. The van der Waals surface area contributed by atoms with Crippen LogP contribution in [-0.4, -0.2) is 34.8 Å². The number of hydrogen-bond donors (Lipinski definition) is 0. The fourth-order valence-electron chi connectivity index (χ4n) is 0.0962. The molecule has 0 radical (unpaired) electrons. The first-order valence-electron chi connectivity index (χ1n) is 1.87. The van der Waals surface area contributed by atoms with Crippen molar-refractivity contribution in [3.63, 3.8) is 0 Å². The molecular weight excluding hydrogens is 187 g/mol. The van der Waals surface area contributed by atoms with E-state index >= 15 is 0 Å². The van der Waals surface area contributed by atoms with Gasteiger partial charge in [-0.3, -0.25) is 0 Å². The molecule has 0 amide bonds. The van der Waals surface area contributed by atoms with Crippen molar-refractivity contribution in [2.45, 2.75) is 4.94 Å². The van der Waals surface area contributed by atoms with Crippen LogP contribution in [0.4, 0.5) is 0 Å². The van der Waals surface area contributed by atoms with Crippen LogP contribution in [0.25, 0.3) is 0 Å². The molecule has 0 unspecified atom stereocenters. The van der Waals surface area contributed by atoms with E-state index in [9.17, 15) is 0 Å². The molecule has 0 atom stereocenters. The minimum atomic E-state index is -1.72. The van der Waals surface area contributed by atoms with Gasteiger partial charge in [0.15, 0.2) is 0 Å². The van der Waals surface area contributed by atoms with Crippen molar-refractivity contribution in [2.24, 2.45) is 0 Å². The van der Waals surface area contributed by atoms with Crippen LogP contribution in [0.3, 0.4) is 0 Å². The van der Waals surface area contributed by atoms with Crippen LogP contribution >= 0.6 is 0 Å². The molecule has 0 saturated heterocycles. The third-order valence-corrected chi connectivity index (χ3v) is 4.45. The van der Waals surface area contributed by atoms with E-state index in [4.69, 9.17) is 6.15 Å². The molecule has 0 spiro atoms. The third-order valence-electron chi connectivity index (χ3n) is 0.664. The summed E-state index contributed by atoms with van der Waals surface area (Å²) < 4.78 is 9.77. The molecule has 0 aliphatic rings. The fraction of sp³-hybridized carbons (Fsp3) is 1.00. The van der Waals surface area contributed by atoms with Gasteiger partial charge in [-0.25, -0.2) is 0 Å². The van der Waals surface area contributed by atoms with Crippen molar-refractivity contribution in [3.8, 4) is 0 Å². The predicted octanol–water partition coefficient (Wildman–Crippen LogP) is 0.129. The average Bonchev–Trinajstić information content (AvgIpc) is 1.65. The molecule has 0 aliphatic carbocycles. The molecule has 0 aromatic carbocycles. The van der Waals surface area contributed by atoms with Gasteiger partial charge in [-0.1, -0.05) is 0 Å². The summed E-state index contributed by atoms with van der Waals surface area (Å²) in [4.78, 5) is 2.04. The summed E-state index contributed by atoms with van der Waals surface area (Å²) in [6.45, 7) is 0. The van der Waals surface area contributed by atoms with Crippen LogP contribution in [0, 0.1) is 0 Å². The topological polar surface area (TPSA) is 18.5 Å². The quantitative estimate of drug-likeness (QED) is 0.585. The summed E-state index contributed by atoms with van der Waals surface area (Å²) in [6.07, 6.45) is 0. The molecule has 0 aromatic heterocycles. The standard InChI is InChI=1S/2CH3O.CH3.Sn.H/c2*1-2;;;/h2*1H3;1H3;;/q2*-1;;+2;. The van der Waals surface area contributed by atoms with Crippen molar-refractivity contribution in [3.05, 3.63) is 0 Å². The molecule has 0 rings (SSSR count). The number of hydrogen-bond acceptors (Lipinski definition) is 2. The molecule has 0 heterocycles. The van der Waals surface area contributed by atoms with Gasteiger partial charge in [0.05, 0.1) is 0 Å². The van der Waals surface area contributed by atoms with Gasteiger partial charge in [0.1, 0.15) is 0 Å². The van der Waals surface area contributed by atoms with Gasteiger partial charge in [-0.05, 0) is 0 Å². The molecule has 3 heteroatoms. The second kappa shape index (κ2) is 3.89. The average molecular weight is 197 g/mol. The van der Waals surface area contributed by atoms with E-state index in [0.717, 1.165) is 0 Å². The minimum absolute atomic E-state index is 1.70. The van der Waals surface area contributed by atoms with Crippen molar-refractivity contribution < 1.29 is 6.15 Å². The zero-order valence-corrected chi connectivity index (χ0v) is 7.69. The van der Waals surface area contributed by atoms with Crippen LogP contribution in [0.1, 0.15) is 0 Å². The molecule has 0 aliphatic heterocycles. The first-order chi connectivity index (χ1) is 2.81. The van der Waals surface area contributed by atoms with Crippen LogP contribution in [0.5, 0.6) is 0 Å². The van der Waals surface area contributed by atoms with Crippen LogP contribution in [-0.2, 0) is 6.15 Å². The Morgan fingerprint density at radius 2 is 1.50 bits per heavy atom. The fourth-order valence-corrected chi connectivity index (χ4v) is 0.645. The molecule has 0 saturated carbocycles. The summed E-state index contributed by atoms with van der Waals surface area (Å²) in [6, 6.07) is 0. The van der Waals surface area contributed by atoms with Crippen molar-refractivity contribution in [2.75, 3.05) is 14.2 Å². The van der Waals surface area contributed by atoms with E-state index in [1.807, 2.05) is 4.94 Å². The van der Waals surface area contributed by atoms with E-state index in [2.05, 4.69) is 0 Å². The van der Waals surface area contributed by atoms with Gasteiger partial charge in [-0.15, -0.1) is 0 Å². The second-order valence-electron chi connectivity index (χ2n) is 1.04. The van der Waals surface area contributed by atoms with E-state index in [-0.39, 0.29) is 0 Å². The Morgan fingerprint density at radius 1 is 1.17 bits per heavy atom. The molecule has 0 aromatic rings. The van der Waals surface area contributed by atoms with Gasteiger partial charge in [0.2, 0.25) is 0 Å². The molecule has 0 fully saturated rings. The maximum absolute atomic E-state index is 4.89. The molecule has 6 heavy (non-hydrogen) atoms. The van der Waals surface area contributed by atoms with Crippen LogP contribution in [0.15, 0.2) is 0 Å². The van der Waals surface area contributed by atoms with Gasteiger partial charge in [-0.2, -0.15) is 0 Å². The molecular formula is C3H10O2Sn. The van der Waals surface area contributed by atoms with Gasteiger partial charge < -0.3 is 0 Å². The summed E-state index contributed by atoms with van der Waals surface area (Å²) in [5, 5.41) is 0. The Bertz CT molecular complexity index is 28.0. The first kappa shape index (κ1) is 6.72. The Morgan fingerprint density at radius 3 is 1.50 bits per heavy atom. The van der Waals surface area contributed by atoms with Gasteiger partial charge >= 0.3 is 45.9 Å².